The van der Waals surface area contributed by atoms with Crippen LogP contribution in [0, 0.1) is 0 Å². The Balaban J connectivity index is 2.23. The molecule has 0 saturated heterocycles. The highest BCUT2D eigenvalue weighted by molar-refractivity contribution is 7.85. The molecule has 1 aromatic rings. The van der Waals surface area contributed by atoms with Crippen LogP contribution in [0.5, 0.6) is 5.75 Å². The molecule has 0 heterocycles. The van der Waals surface area contributed by atoms with Crippen molar-refractivity contribution in [1.29, 1.82) is 0 Å². The van der Waals surface area contributed by atoms with Gasteiger partial charge in [0.25, 0.3) is 10.1 Å². The minimum atomic E-state index is -4.11. The summed E-state index contributed by atoms with van der Waals surface area (Å²) in [5.74, 6) is 0.626. The van der Waals surface area contributed by atoms with Gasteiger partial charge in [0.2, 0.25) is 0 Å². The summed E-state index contributed by atoms with van der Waals surface area (Å²) < 4.78 is 36.0. The fourth-order valence-electron chi connectivity index (χ4n) is 1.78. The number of benzene rings is 1. The van der Waals surface area contributed by atoms with Crippen molar-refractivity contribution in [1.82, 2.24) is 0 Å². The molecular formula is C14H22O4S. The highest BCUT2D eigenvalue weighted by Gasteiger charge is 2.08. The summed E-state index contributed by atoms with van der Waals surface area (Å²) in [6.07, 6.45) is 7.21. The summed E-state index contributed by atoms with van der Waals surface area (Å²) >= 11 is 0. The first-order valence-corrected chi connectivity index (χ1v) is 8.18. The Hall–Kier alpha value is -1.07. The molecule has 1 N–H and O–H groups in total. The lowest BCUT2D eigenvalue weighted by atomic mass is 10.1. The second-order valence-electron chi connectivity index (χ2n) is 4.56. The molecule has 0 bridgehead atoms. The number of hydrogen-bond acceptors (Lipinski definition) is 3. The summed E-state index contributed by atoms with van der Waals surface area (Å²) in [7, 11) is -4.11. The Labute approximate surface area is 115 Å². The first-order chi connectivity index (χ1) is 9.04. The molecule has 0 unspecified atom stereocenters. The van der Waals surface area contributed by atoms with Crippen molar-refractivity contribution in [2.45, 2.75) is 50.3 Å². The summed E-state index contributed by atoms with van der Waals surface area (Å²) in [6, 6.07) is 5.79. The van der Waals surface area contributed by atoms with Crippen molar-refractivity contribution in [3.8, 4) is 5.75 Å². The normalized spacial score (nSPS) is 11.5. The Morgan fingerprint density at radius 2 is 1.58 bits per heavy atom. The number of hydrogen-bond donors (Lipinski definition) is 1. The Bertz CT molecular complexity index is 451. The third kappa shape index (κ3) is 6.59. The summed E-state index contributed by atoms with van der Waals surface area (Å²) in [6.45, 7) is 2.83. The van der Waals surface area contributed by atoms with Gasteiger partial charge in [-0.1, -0.05) is 39.0 Å². The predicted octanol–water partition coefficient (Wildman–Crippen LogP) is 3.67. The van der Waals surface area contributed by atoms with E-state index in [2.05, 4.69) is 6.92 Å². The van der Waals surface area contributed by atoms with Crippen LogP contribution in [-0.2, 0) is 10.1 Å². The lowest BCUT2D eigenvalue weighted by Gasteiger charge is -2.06. The SMILES string of the molecule is CCCCCCCCOc1ccc(S(=O)(=O)O)cc1. The van der Waals surface area contributed by atoms with Crippen LogP contribution in [0.4, 0.5) is 0 Å². The van der Waals surface area contributed by atoms with Gasteiger partial charge in [-0.2, -0.15) is 8.42 Å². The van der Waals surface area contributed by atoms with Gasteiger partial charge in [0.05, 0.1) is 11.5 Å². The van der Waals surface area contributed by atoms with Gasteiger partial charge in [0.1, 0.15) is 5.75 Å². The van der Waals surface area contributed by atoms with Crippen LogP contribution in [0.15, 0.2) is 29.2 Å². The van der Waals surface area contributed by atoms with Crippen molar-refractivity contribution in [2.24, 2.45) is 0 Å². The van der Waals surface area contributed by atoms with Gasteiger partial charge in [0.15, 0.2) is 0 Å². The van der Waals surface area contributed by atoms with E-state index in [0.717, 1.165) is 12.8 Å². The lowest BCUT2D eigenvalue weighted by Crippen LogP contribution is -2.00. The zero-order valence-electron chi connectivity index (χ0n) is 11.3. The molecule has 0 aromatic heterocycles. The topological polar surface area (TPSA) is 63.6 Å². The highest BCUT2D eigenvalue weighted by Crippen LogP contribution is 2.16. The largest absolute Gasteiger partial charge is 0.494 e. The average molecular weight is 286 g/mol. The zero-order chi connectivity index (χ0) is 14.1. The second kappa shape index (κ2) is 8.17. The molecule has 4 nitrogen and oxygen atoms in total. The van der Waals surface area contributed by atoms with E-state index in [1.165, 1.54) is 37.8 Å². The highest BCUT2D eigenvalue weighted by atomic mass is 32.2. The smallest absolute Gasteiger partial charge is 0.294 e. The number of rotatable bonds is 9. The number of ether oxygens (including phenoxy) is 1. The van der Waals surface area contributed by atoms with E-state index in [0.29, 0.717) is 12.4 Å². The van der Waals surface area contributed by atoms with Crippen LogP contribution in [-0.4, -0.2) is 19.6 Å². The van der Waals surface area contributed by atoms with E-state index < -0.39 is 10.1 Å². The first-order valence-electron chi connectivity index (χ1n) is 6.74. The van der Waals surface area contributed by atoms with Gasteiger partial charge in [-0.15, -0.1) is 0 Å². The van der Waals surface area contributed by atoms with Gasteiger partial charge in [-0.3, -0.25) is 4.55 Å². The first kappa shape index (κ1) is 16.0. The van der Waals surface area contributed by atoms with Gasteiger partial charge in [-0.05, 0) is 30.7 Å². The van der Waals surface area contributed by atoms with E-state index in [9.17, 15) is 8.42 Å². The minimum absolute atomic E-state index is 0.112. The maximum absolute atomic E-state index is 10.8. The van der Waals surface area contributed by atoms with Crippen molar-refractivity contribution in [3.05, 3.63) is 24.3 Å². The predicted molar refractivity (Wildman–Crippen MR) is 75.1 cm³/mol. The van der Waals surface area contributed by atoms with Crippen LogP contribution >= 0.6 is 0 Å². The molecule has 0 aliphatic carbocycles. The van der Waals surface area contributed by atoms with Crippen molar-refractivity contribution in [3.63, 3.8) is 0 Å². The van der Waals surface area contributed by atoms with Crippen LogP contribution < -0.4 is 4.74 Å². The number of unbranched alkanes of at least 4 members (excludes halogenated alkanes) is 5. The molecule has 5 heteroatoms. The fraction of sp³-hybridized carbons (Fsp3) is 0.571. The third-order valence-corrected chi connectivity index (χ3v) is 3.76. The van der Waals surface area contributed by atoms with Crippen LogP contribution in [0.25, 0.3) is 0 Å². The molecule has 0 fully saturated rings. The molecule has 108 valence electrons. The average Bonchev–Trinajstić information content (AvgIpc) is 2.37. The summed E-state index contributed by atoms with van der Waals surface area (Å²) in [5.41, 5.74) is 0. The van der Waals surface area contributed by atoms with Gasteiger partial charge < -0.3 is 4.74 Å². The quantitative estimate of drug-likeness (QED) is 0.555. The van der Waals surface area contributed by atoms with Crippen LogP contribution in [0.3, 0.4) is 0 Å². The van der Waals surface area contributed by atoms with Crippen molar-refractivity contribution in [2.75, 3.05) is 6.61 Å². The molecule has 0 aliphatic heterocycles. The molecule has 0 spiro atoms. The Kier molecular flexibility index (Phi) is 6.87. The van der Waals surface area contributed by atoms with Gasteiger partial charge >= 0.3 is 0 Å². The van der Waals surface area contributed by atoms with E-state index in [1.54, 1.807) is 12.1 Å². The maximum atomic E-state index is 10.8. The van der Waals surface area contributed by atoms with Gasteiger partial charge in [0, 0.05) is 0 Å². The fourth-order valence-corrected chi connectivity index (χ4v) is 2.26. The molecule has 0 aliphatic rings. The Morgan fingerprint density at radius 1 is 1.00 bits per heavy atom. The van der Waals surface area contributed by atoms with E-state index in [4.69, 9.17) is 9.29 Å². The van der Waals surface area contributed by atoms with Crippen molar-refractivity contribution >= 4 is 10.1 Å². The van der Waals surface area contributed by atoms with E-state index in [1.807, 2.05) is 0 Å². The summed E-state index contributed by atoms with van der Waals surface area (Å²) in [4.78, 5) is -0.112. The monoisotopic (exact) mass is 286 g/mol. The molecule has 1 rings (SSSR count). The van der Waals surface area contributed by atoms with E-state index >= 15 is 0 Å². The Morgan fingerprint density at radius 3 is 2.16 bits per heavy atom. The zero-order valence-corrected chi connectivity index (χ0v) is 12.2. The molecule has 0 amide bonds. The van der Waals surface area contributed by atoms with Crippen LogP contribution in [0.2, 0.25) is 0 Å². The molecular weight excluding hydrogens is 264 g/mol. The third-order valence-electron chi connectivity index (χ3n) is 2.89. The second-order valence-corrected chi connectivity index (χ2v) is 5.98. The molecule has 0 saturated carbocycles. The lowest BCUT2D eigenvalue weighted by molar-refractivity contribution is 0.304. The molecule has 19 heavy (non-hydrogen) atoms. The van der Waals surface area contributed by atoms with Gasteiger partial charge in [-0.25, -0.2) is 0 Å². The van der Waals surface area contributed by atoms with E-state index in [-0.39, 0.29) is 4.90 Å². The minimum Gasteiger partial charge on any atom is -0.494 e. The molecule has 0 atom stereocenters. The van der Waals surface area contributed by atoms with Crippen molar-refractivity contribution < 1.29 is 17.7 Å². The van der Waals surface area contributed by atoms with Crippen LogP contribution in [0.1, 0.15) is 45.4 Å². The standard InChI is InChI=1S/C14H22O4S/c1-2-3-4-5-6-7-12-18-13-8-10-14(11-9-13)19(15,16)17/h8-11H,2-7,12H2,1H3,(H,15,16,17). The summed E-state index contributed by atoms with van der Waals surface area (Å²) in [5, 5.41) is 0. The molecule has 1 aromatic carbocycles. The molecule has 0 radical (unpaired) electrons. The maximum Gasteiger partial charge on any atom is 0.294 e.